The Balaban J connectivity index is 1.76. The van der Waals surface area contributed by atoms with Gasteiger partial charge in [-0.15, -0.1) is 0 Å². The van der Waals surface area contributed by atoms with Gasteiger partial charge in [0, 0.05) is 30.3 Å². The number of carbonyl (C=O) groups excluding carboxylic acids is 1. The molecule has 6 heteroatoms. The van der Waals surface area contributed by atoms with Gasteiger partial charge in [0.1, 0.15) is 11.4 Å². The van der Waals surface area contributed by atoms with Crippen LogP contribution in [0.25, 0.3) is 10.9 Å². The summed E-state index contributed by atoms with van der Waals surface area (Å²) in [6.45, 7) is 7.06. The van der Waals surface area contributed by atoms with Crippen LogP contribution in [0.1, 0.15) is 59.3 Å². The van der Waals surface area contributed by atoms with E-state index in [0.717, 1.165) is 55.2 Å². The predicted molar refractivity (Wildman–Crippen MR) is 116 cm³/mol. The number of amides is 1. The molecule has 1 unspecified atom stereocenters. The first kappa shape index (κ1) is 23.1. The van der Waals surface area contributed by atoms with E-state index in [1.165, 1.54) is 0 Å². The van der Waals surface area contributed by atoms with Gasteiger partial charge < -0.3 is 24.9 Å². The van der Waals surface area contributed by atoms with Gasteiger partial charge >= 0.3 is 6.09 Å². The van der Waals surface area contributed by atoms with E-state index in [-0.39, 0.29) is 12.7 Å². The Morgan fingerprint density at radius 2 is 1.97 bits per heavy atom. The van der Waals surface area contributed by atoms with Crippen LogP contribution in [-0.2, 0) is 4.74 Å². The summed E-state index contributed by atoms with van der Waals surface area (Å²) in [7, 11) is 0. The summed E-state index contributed by atoms with van der Waals surface area (Å²) in [6.07, 6.45) is 7.39. The van der Waals surface area contributed by atoms with Crippen molar-refractivity contribution in [2.24, 2.45) is 5.92 Å². The molecule has 1 atom stereocenters. The van der Waals surface area contributed by atoms with Crippen LogP contribution in [0.4, 0.5) is 4.79 Å². The number of ether oxygens (including phenoxy) is 2. The van der Waals surface area contributed by atoms with Crippen molar-refractivity contribution in [2.75, 3.05) is 19.8 Å². The van der Waals surface area contributed by atoms with E-state index < -0.39 is 5.60 Å². The van der Waals surface area contributed by atoms with Crippen molar-refractivity contribution in [3.63, 3.8) is 0 Å². The van der Waals surface area contributed by atoms with E-state index in [1.54, 1.807) is 0 Å². The quantitative estimate of drug-likeness (QED) is 0.434. The summed E-state index contributed by atoms with van der Waals surface area (Å²) >= 11 is 0. The Morgan fingerprint density at radius 1 is 1.14 bits per heavy atom. The summed E-state index contributed by atoms with van der Waals surface area (Å²) in [5, 5.41) is 13.0. The van der Waals surface area contributed by atoms with Crippen molar-refractivity contribution < 1.29 is 19.4 Å². The van der Waals surface area contributed by atoms with E-state index >= 15 is 0 Å². The first-order chi connectivity index (χ1) is 13.9. The predicted octanol–water partition coefficient (Wildman–Crippen LogP) is 5.02. The molecule has 0 aliphatic rings. The Morgan fingerprint density at radius 3 is 2.72 bits per heavy atom. The molecule has 1 heterocycles. The Bertz CT molecular complexity index is 736. The minimum Gasteiger partial charge on any atom is -0.494 e. The number of benzene rings is 1. The number of nitrogens with one attached hydrogen (secondary N) is 2. The third-order valence-corrected chi connectivity index (χ3v) is 4.81. The highest BCUT2D eigenvalue weighted by molar-refractivity contribution is 5.80. The third-order valence-electron chi connectivity index (χ3n) is 4.81. The van der Waals surface area contributed by atoms with Gasteiger partial charge in [-0.05, 0) is 70.2 Å². The highest BCUT2D eigenvalue weighted by atomic mass is 16.6. The maximum atomic E-state index is 11.8. The minimum atomic E-state index is -0.484. The summed E-state index contributed by atoms with van der Waals surface area (Å²) in [4.78, 5) is 15.0. The molecule has 2 aromatic rings. The molecule has 3 N–H and O–H groups in total. The third kappa shape index (κ3) is 9.22. The van der Waals surface area contributed by atoms with Crippen molar-refractivity contribution in [3.05, 3.63) is 30.5 Å². The Kier molecular flexibility index (Phi) is 9.32. The van der Waals surface area contributed by atoms with Gasteiger partial charge in [0.25, 0.3) is 0 Å². The Labute approximate surface area is 174 Å². The highest BCUT2D eigenvalue weighted by Crippen LogP contribution is 2.22. The second kappa shape index (κ2) is 11.7. The molecular weight excluding hydrogens is 368 g/mol. The van der Waals surface area contributed by atoms with E-state index in [9.17, 15) is 4.79 Å². The molecule has 0 spiro atoms. The van der Waals surface area contributed by atoms with Crippen LogP contribution in [0.3, 0.4) is 0 Å². The number of rotatable bonds is 12. The summed E-state index contributed by atoms with van der Waals surface area (Å²) in [6, 6.07) is 8.10. The largest absolute Gasteiger partial charge is 0.494 e. The maximum Gasteiger partial charge on any atom is 0.407 e. The first-order valence-electron chi connectivity index (χ1n) is 10.6. The van der Waals surface area contributed by atoms with E-state index in [1.807, 2.05) is 51.2 Å². The molecule has 6 nitrogen and oxygen atoms in total. The van der Waals surface area contributed by atoms with Crippen LogP contribution in [-0.4, -0.2) is 41.5 Å². The van der Waals surface area contributed by atoms with Gasteiger partial charge in [-0.25, -0.2) is 4.79 Å². The van der Waals surface area contributed by atoms with E-state index in [4.69, 9.17) is 14.6 Å². The second-order valence-electron chi connectivity index (χ2n) is 8.52. The van der Waals surface area contributed by atoms with Crippen LogP contribution in [0.2, 0.25) is 0 Å². The lowest BCUT2D eigenvalue weighted by Crippen LogP contribution is -2.33. The van der Waals surface area contributed by atoms with Crippen molar-refractivity contribution in [2.45, 2.75) is 64.9 Å². The highest BCUT2D eigenvalue weighted by Gasteiger charge is 2.16. The van der Waals surface area contributed by atoms with Gasteiger partial charge in [0.05, 0.1) is 6.61 Å². The number of aliphatic hydroxyl groups is 1. The molecule has 0 fully saturated rings. The number of aromatic nitrogens is 1. The molecule has 0 aliphatic heterocycles. The number of carbonyl (C=O) groups is 1. The van der Waals surface area contributed by atoms with Crippen LogP contribution in [0.15, 0.2) is 30.5 Å². The van der Waals surface area contributed by atoms with Crippen molar-refractivity contribution in [1.82, 2.24) is 10.3 Å². The van der Waals surface area contributed by atoms with Gasteiger partial charge in [-0.2, -0.15) is 0 Å². The zero-order chi connectivity index (χ0) is 21.1. The van der Waals surface area contributed by atoms with Crippen molar-refractivity contribution in [3.8, 4) is 5.75 Å². The lowest BCUT2D eigenvalue weighted by atomic mass is 9.95. The Hall–Kier alpha value is -2.21. The fraction of sp³-hybridized carbons (Fsp3) is 0.609. The average Bonchev–Trinajstić information content (AvgIpc) is 3.11. The van der Waals surface area contributed by atoms with E-state index in [0.29, 0.717) is 19.1 Å². The number of H-pyrrole nitrogens is 1. The first-order valence-corrected chi connectivity index (χ1v) is 10.6. The molecule has 0 radical (unpaired) electrons. The number of unbranched alkanes of at least 4 members (excludes halogenated alkanes) is 2. The van der Waals surface area contributed by atoms with Gasteiger partial charge in [0.15, 0.2) is 0 Å². The number of aliphatic hydroxyl groups excluding tert-OH is 1. The topological polar surface area (TPSA) is 83.6 Å². The molecule has 162 valence electrons. The average molecular weight is 405 g/mol. The molecule has 0 saturated carbocycles. The molecule has 1 aromatic heterocycles. The van der Waals surface area contributed by atoms with Crippen LogP contribution >= 0.6 is 0 Å². The number of alkyl carbamates (subject to hydrolysis) is 1. The molecule has 1 aromatic carbocycles. The standard InChI is InChI=1S/C23H36N2O4/c1-23(2,3)29-22(27)25-13-10-18(7-5-4-6-15-26)12-16-28-20-8-9-21-19(17-20)11-14-24-21/h8-9,11,14,17-18,24,26H,4-7,10,12-13,15-16H2,1-3H3,(H,25,27). The zero-order valence-electron chi connectivity index (χ0n) is 18.0. The van der Waals surface area contributed by atoms with Crippen LogP contribution in [0, 0.1) is 5.92 Å². The number of aromatic amines is 1. The fourth-order valence-corrected chi connectivity index (χ4v) is 3.31. The normalized spacial score (nSPS) is 12.7. The lowest BCUT2D eigenvalue weighted by Gasteiger charge is -2.21. The van der Waals surface area contributed by atoms with Crippen LogP contribution in [0.5, 0.6) is 5.75 Å². The molecule has 1 amide bonds. The lowest BCUT2D eigenvalue weighted by molar-refractivity contribution is 0.0524. The number of fused-ring (bicyclic) bond motifs is 1. The molecule has 0 bridgehead atoms. The smallest absolute Gasteiger partial charge is 0.407 e. The second-order valence-corrected chi connectivity index (χ2v) is 8.52. The number of hydrogen-bond acceptors (Lipinski definition) is 4. The summed E-state index contributed by atoms with van der Waals surface area (Å²) < 4.78 is 11.3. The summed E-state index contributed by atoms with van der Waals surface area (Å²) in [5.74, 6) is 1.34. The molecule has 29 heavy (non-hydrogen) atoms. The van der Waals surface area contributed by atoms with Gasteiger partial charge in [-0.1, -0.05) is 19.3 Å². The fourth-order valence-electron chi connectivity index (χ4n) is 3.31. The molecule has 0 aliphatic carbocycles. The summed E-state index contributed by atoms with van der Waals surface area (Å²) in [5.41, 5.74) is 0.620. The zero-order valence-corrected chi connectivity index (χ0v) is 18.0. The molecular formula is C23H36N2O4. The van der Waals surface area contributed by atoms with Crippen LogP contribution < -0.4 is 10.1 Å². The number of hydrogen-bond donors (Lipinski definition) is 3. The molecule has 2 rings (SSSR count). The SMILES string of the molecule is CC(C)(C)OC(=O)NCCC(CCCCCO)CCOc1ccc2[nH]ccc2c1. The van der Waals surface area contributed by atoms with E-state index in [2.05, 4.69) is 10.3 Å². The monoisotopic (exact) mass is 404 g/mol. The maximum absolute atomic E-state index is 11.8. The van der Waals surface area contributed by atoms with Gasteiger partial charge in [-0.3, -0.25) is 0 Å². The minimum absolute atomic E-state index is 0.246. The van der Waals surface area contributed by atoms with Crippen molar-refractivity contribution in [1.29, 1.82) is 0 Å². The van der Waals surface area contributed by atoms with Gasteiger partial charge in [0.2, 0.25) is 0 Å². The molecule has 0 saturated heterocycles. The van der Waals surface area contributed by atoms with Crippen molar-refractivity contribution >= 4 is 17.0 Å².